The summed E-state index contributed by atoms with van der Waals surface area (Å²) in [5.41, 5.74) is 1.32. The summed E-state index contributed by atoms with van der Waals surface area (Å²) in [6.07, 6.45) is 0. The van der Waals surface area contributed by atoms with Gasteiger partial charge in [0.05, 0.1) is 6.61 Å². The number of methoxy groups -OCH3 is 1. The summed E-state index contributed by atoms with van der Waals surface area (Å²) in [5, 5.41) is 3.51. The van der Waals surface area contributed by atoms with Gasteiger partial charge in [-0.3, -0.25) is 0 Å². The van der Waals surface area contributed by atoms with Crippen LogP contribution in [0.4, 0.5) is 0 Å². The van der Waals surface area contributed by atoms with Gasteiger partial charge in [-0.2, -0.15) is 0 Å². The van der Waals surface area contributed by atoms with Crippen molar-refractivity contribution in [1.82, 2.24) is 5.32 Å². The molecule has 2 heteroatoms. The second-order valence-electron chi connectivity index (χ2n) is 4.17. The van der Waals surface area contributed by atoms with Crippen LogP contribution in [0.5, 0.6) is 0 Å². The van der Waals surface area contributed by atoms with E-state index >= 15 is 0 Å². The molecule has 2 nitrogen and oxygen atoms in total. The molecule has 0 saturated heterocycles. The Morgan fingerprint density at radius 1 is 1.20 bits per heavy atom. The third-order valence-corrected chi connectivity index (χ3v) is 2.56. The van der Waals surface area contributed by atoms with E-state index in [1.165, 1.54) is 5.56 Å². The van der Waals surface area contributed by atoms with Crippen molar-refractivity contribution in [3.8, 4) is 0 Å². The molecule has 15 heavy (non-hydrogen) atoms. The number of benzene rings is 1. The molecule has 0 heterocycles. The van der Waals surface area contributed by atoms with Crippen LogP contribution in [0.2, 0.25) is 0 Å². The standard InChI is InChI=1S/C13H21NO/c1-11(2)13(10-15-3)14-9-12-7-5-4-6-8-12/h4-8,11,13-14H,9-10H2,1-3H3/t13-/m1/s1. The van der Waals surface area contributed by atoms with Crippen LogP contribution in [-0.2, 0) is 11.3 Å². The number of nitrogens with one attached hydrogen (secondary N) is 1. The third kappa shape index (κ3) is 4.45. The van der Waals surface area contributed by atoms with Gasteiger partial charge in [0.2, 0.25) is 0 Å². The zero-order valence-corrected chi connectivity index (χ0v) is 9.86. The summed E-state index contributed by atoms with van der Waals surface area (Å²) >= 11 is 0. The predicted molar refractivity (Wildman–Crippen MR) is 63.8 cm³/mol. The Kier molecular flexibility index (Phi) is 5.37. The van der Waals surface area contributed by atoms with E-state index in [0.717, 1.165) is 13.2 Å². The fraction of sp³-hybridized carbons (Fsp3) is 0.538. The molecule has 0 bridgehead atoms. The highest BCUT2D eigenvalue weighted by atomic mass is 16.5. The van der Waals surface area contributed by atoms with Crippen LogP contribution < -0.4 is 5.32 Å². The molecular weight excluding hydrogens is 186 g/mol. The third-order valence-electron chi connectivity index (χ3n) is 2.56. The number of ether oxygens (including phenoxy) is 1. The summed E-state index contributed by atoms with van der Waals surface area (Å²) in [6, 6.07) is 10.9. The molecule has 1 N–H and O–H groups in total. The van der Waals surface area contributed by atoms with E-state index in [1.54, 1.807) is 7.11 Å². The van der Waals surface area contributed by atoms with Gasteiger partial charge in [-0.1, -0.05) is 44.2 Å². The largest absolute Gasteiger partial charge is 0.383 e. The molecule has 0 aliphatic heterocycles. The Morgan fingerprint density at radius 2 is 1.87 bits per heavy atom. The van der Waals surface area contributed by atoms with Crippen molar-refractivity contribution < 1.29 is 4.74 Å². The van der Waals surface area contributed by atoms with Gasteiger partial charge in [0.15, 0.2) is 0 Å². The van der Waals surface area contributed by atoms with Crippen LogP contribution in [0.1, 0.15) is 19.4 Å². The van der Waals surface area contributed by atoms with Crippen LogP contribution in [0, 0.1) is 5.92 Å². The maximum absolute atomic E-state index is 5.19. The van der Waals surface area contributed by atoms with Gasteiger partial charge in [-0.15, -0.1) is 0 Å². The average Bonchev–Trinajstić information content (AvgIpc) is 2.25. The molecule has 0 aromatic heterocycles. The summed E-state index contributed by atoms with van der Waals surface area (Å²) in [7, 11) is 1.75. The number of hydrogen-bond acceptors (Lipinski definition) is 2. The van der Waals surface area contributed by atoms with E-state index in [9.17, 15) is 0 Å². The van der Waals surface area contributed by atoms with Gasteiger partial charge >= 0.3 is 0 Å². The molecule has 1 rings (SSSR count). The lowest BCUT2D eigenvalue weighted by atomic mass is 10.1. The van der Waals surface area contributed by atoms with E-state index in [-0.39, 0.29) is 0 Å². The molecule has 1 aromatic carbocycles. The Labute approximate surface area is 92.6 Å². The first kappa shape index (κ1) is 12.2. The minimum absolute atomic E-state index is 0.426. The van der Waals surface area contributed by atoms with E-state index in [2.05, 4.69) is 43.4 Å². The summed E-state index contributed by atoms with van der Waals surface area (Å²) in [5.74, 6) is 0.591. The SMILES string of the molecule is COC[C@@H](NCc1ccccc1)C(C)C. The maximum atomic E-state index is 5.19. The molecule has 84 valence electrons. The van der Waals surface area contributed by atoms with Crippen LogP contribution in [-0.4, -0.2) is 19.8 Å². The van der Waals surface area contributed by atoms with Crippen LogP contribution in [0.3, 0.4) is 0 Å². The van der Waals surface area contributed by atoms with Crippen molar-refractivity contribution in [3.63, 3.8) is 0 Å². The lowest BCUT2D eigenvalue weighted by Gasteiger charge is -2.21. The lowest BCUT2D eigenvalue weighted by Crippen LogP contribution is -2.37. The van der Waals surface area contributed by atoms with Gasteiger partial charge in [-0.05, 0) is 11.5 Å². The smallest absolute Gasteiger partial charge is 0.0618 e. The van der Waals surface area contributed by atoms with Crippen molar-refractivity contribution in [1.29, 1.82) is 0 Å². The molecule has 0 amide bonds. The van der Waals surface area contributed by atoms with E-state index in [4.69, 9.17) is 4.74 Å². The Bertz CT molecular complexity index is 258. The maximum Gasteiger partial charge on any atom is 0.0618 e. The van der Waals surface area contributed by atoms with Gasteiger partial charge in [0.25, 0.3) is 0 Å². The zero-order valence-electron chi connectivity index (χ0n) is 9.86. The summed E-state index contributed by atoms with van der Waals surface area (Å²) in [4.78, 5) is 0. The fourth-order valence-corrected chi connectivity index (χ4v) is 1.51. The highest BCUT2D eigenvalue weighted by Gasteiger charge is 2.11. The molecule has 0 spiro atoms. The predicted octanol–water partition coefficient (Wildman–Crippen LogP) is 2.45. The van der Waals surface area contributed by atoms with Gasteiger partial charge in [0, 0.05) is 19.7 Å². The van der Waals surface area contributed by atoms with Crippen molar-refractivity contribution in [2.24, 2.45) is 5.92 Å². The first-order valence-corrected chi connectivity index (χ1v) is 5.50. The first-order chi connectivity index (χ1) is 7.24. The summed E-state index contributed by atoms with van der Waals surface area (Å²) < 4.78 is 5.19. The van der Waals surface area contributed by atoms with Crippen molar-refractivity contribution >= 4 is 0 Å². The zero-order chi connectivity index (χ0) is 11.1. The number of hydrogen-bond donors (Lipinski definition) is 1. The molecule has 0 unspecified atom stereocenters. The quantitative estimate of drug-likeness (QED) is 0.773. The van der Waals surface area contributed by atoms with Crippen molar-refractivity contribution in [2.45, 2.75) is 26.4 Å². The molecule has 0 saturated carbocycles. The Morgan fingerprint density at radius 3 is 2.40 bits per heavy atom. The number of rotatable bonds is 6. The van der Waals surface area contributed by atoms with E-state index in [1.807, 2.05) is 6.07 Å². The molecule has 0 radical (unpaired) electrons. The van der Waals surface area contributed by atoms with Crippen molar-refractivity contribution in [3.05, 3.63) is 35.9 Å². The molecule has 1 aromatic rings. The van der Waals surface area contributed by atoms with Gasteiger partial charge in [-0.25, -0.2) is 0 Å². The van der Waals surface area contributed by atoms with Gasteiger partial charge < -0.3 is 10.1 Å². The van der Waals surface area contributed by atoms with Gasteiger partial charge in [0.1, 0.15) is 0 Å². The molecule has 0 fully saturated rings. The highest BCUT2D eigenvalue weighted by Crippen LogP contribution is 2.04. The monoisotopic (exact) mass is 207 g/mol. The molecule has 0 aliphatic rings. The van der Waals surface area contributed by atoms with Crippen molar-refractivity contribution in [2.75, 3.05) is 13.7 Å². The topological polar surface area (TPSA) is 21.3 Å². The summed E-state index contributed by atoms with van der Waals surface area (Å²) in [6.45, 7) is 6.10. The highest BCUT2D eigenvalue weighted by molar-refractivity contribution is 5.14. The fourth-order valence-electron chi connectivity index (χ4n) is 1.51. The first-order valence-electron chi connectivity index (χ1n) is 5.50. The second kappa shape index (κ2) is 6.59. The second-order valence-corrected chi connectivity index (χ2v) is 4.17. The average molecular weight is 207 g/mol. The minimum atomic E-state index is 0.426. The molecule has 1 atom stereocenters. The molecule has 0 aliphatic carbocycles. The lowest BCUT2D eigenvalue weighted by molar-refractivity contribution is 0.146. The van der Waals surface area contributed by atoms with Crippen LogP contribution in [0.25, 0.3) is 0 Å². The van der Waals surface area contributed by atoms with Crippen LogP contribution in [0.15, 0.2) is 30.3 Å². The Balaban J connectivity index is 2.40. The Hall–Kier alpha value is -0.860. The normalized spacial score (nSPS) is 13.1. The molecular formula is C13H21NO. The van der Waals surface area contributed by atoms with E-state index < -0.39 is 0 Å². The van der Waals surface area contributed by atoms with Crippen LogP contribution >= 0.6 is 0 Å². The van der Waals surface area contributed by atoms with E-state index in [0.29, 0.717) is 12.0 Å². The minimum Gasteiger partial charge on any atom is -0.383 e.